The minimum atomic E-state index is 0.122. The molecular weight excluding hydrogens is 548 g/mol. The summed E-state index contributed by atoms with van der Waals surface area (Å²) in [4.78, 5) is 27.3. The van der Waals surface area contributed by atoms with Crippen LogP contribution in [0.1, 0.15) is 33.6 Å². The number of ketones is 2. The minimum absolute atomic E-state index is 0.122. The van der Waals surface area contributed by atoms with Crippen molar-refractivity contribution in [1.82, 2.24) is 4.90 Å². The Hall–Kier alpha value is -0.640. The topological polar surface area (TPSA) is 63.4 Å². The lowest BCUT2D eigenvalue weighted by molar-refractivity contribution is 0.0950. The van der Waals surface area contributed by atoms with Gasteiger partial charge in [0.1, 0.15) is 0 Å². The summed E-state index contributed by atoms with van der Waals surface area (Å²) in [7, 11) is 3.55. The van der Waals surface area contributed by atoms with Crippen LogP contribution in [0.2, 0.25) is 0 Å². The van der Waals surface area contributed by atoms with Gasteiger partial charge in [0.2, 0.25) is 0 Å². The Balaban J connectivity index is 1.88. The lowest BCUT2D eigenvalue weighted by atomic mass is 10.1. The maximum Gasteiger partial charge on any atom is 0.164 e. The van der Waals surface area contributed by atoms with E-state index in [1.54, 1.807) is 21.6 Å². The smallest absolute Gasteiger partial charge is 0.164 e. The number of carbonyl (C=O) groups excluding carboxylic acids is 2. The molecule has 0 saturated carbocycles. The molecule has 0 aromatic heterocycles. The Labute approximate surface area is 203 Å². The van der Waals surface area contributed by atoms with E-state index in [9.17, 15) is 9.59 Å². The fraction of sp³-hybridized carbons (Fsp3) is 0.364. The van der Waals surface area contributed by atoms with Crippen molar-refractivity contribution in [3.8, 4) is 0 Å². The third-order valence-corrected chi connectivity index (χ3v) is 7.89. The highest BCUT2D eigenvalue weighted by atomic mass is 79.9. The van der Waals surface area contributed by atoms with Crippen molar-refractivity contribution in [3.05, 3.63) is 68.6 Å². The predicted octanol–water partition coefficient (Wildman–Crippen LogP) is 5.70. The quantitative estimate of drug-likeness (QED) is 0.178. The van der Waals surface area contributed by atoms with Crippen LogP contribution in [-0.4, -0.2) is 54.2 Å². The van der Waals surface area contributed by atoms with Gasteiger partial charge in [-0.3, -0.25) is 9.59 Å². The van der Waals surface area contributed by atoms with Crippen molar-refractivity contribution in [3.63, 3.8) is 0 Å². The van der Waals surface area contributed by atoms with Crippen molar-refractivity contribution in [2.45, 2.75) is 12.8 Å². The Kier molecular flexibility index (Phi) is 12.3. The lowest BCUT2D eigenvalue weighted by Crippen LogP contribution is -2.31. The Morgan fingerprint density at radius 3 is 1.60 bits per heavy atom. The molecule has 0 amide bonds. The van der Waals surface area contributed by atoms with Crippen LogP contribution >= 0.6 is 53.4 Å². The van der Waals surface area contributed by atoms with Gasteiger partial charge in [-0.1, -0.05) is 77.7 Å². The summed E-state index contributed by atoms with van der Waals surface area (Å²) in [6.45, 7) is 2.80. The van der Waals surface area contributed by atoms with Gasteiger partial charge >= 0.3 is 0 Å². The number of hydrogen-bond donors (Lipinski definition) is 1. The molecule has 0 unspecified atom stereocenters. The monoisotopic (exact) mass is 572 g/mol. The molecule has 2 aromatic carbocycles. The second kappa shape index (κ2) is 14.4. The zero-order valence-corrected chi connectivity index (χ0v) is 21.5. The second-order valence-corrected chi connectivity index (χ2v) is 11.2. The molecule has 30 heavy (non-hydrogen) atoms. The van der Waals surface area contributed by atoms with E-state index in [0.717, 1.165) is 38.1 Å². The molecule has 4 nitrogen and oxygen atoms in total. The number of rotatable bonds is 14. The normalized spacial score (nSPS) is 11.1. The van der Waals surface area contributed by atoms with Crippen molar-refractivity contribution >= 4 is 65.0 Å². The molecule has 162 valence electrons. The van der Waals surface area contributed by atoms with E-state index in [1.807, 2.05) is 48.5 Å². The number of carbonyl (C=O) groups is 2. The van der Waals surface area contributed by atoms with Crippen LogP contribution in [-0.2, 0) is 0 Å². The first-order chi connectivity index (χ1) is 14.5. The molecule has 8 heteroatoms. The Bertz CT molecular complexity index is 740. The highest BCUT2D eigenvalue weighted by molar-refractivity contribution is 9.10. The summed E-state index contributed by atoms with van der Waals surface area (Å²) in [5.41, 5.74) is 6.98. The van der Waals surface area contributed by atoms with E-state index >= 15 is 0 Å². The lowest BCUT2D eigenvalue weighted by Gasteiger charge is -2.21. The molecule has 2 aromatic rings. The van der Waals surface area contributed by atoms with Crippen molar-refractivity contribution < 1.29 is 9.59 Å². The molecule has 0 saturated heterocycles. The van der Waals surface area contributed by atoms with Crippen LogP contribution in [0, 0.1) is 0 Å². The molecule has 0 aliphatic carbocycles. The molecule has 0 aliphatic rings. The van der Waals surface area contributed by atoms with E-state index in [0.29, 0.717) is 32.5 Å². The standard InChI is InChI=1S/C22H26Br2N2O2S2/c23-19-5-1-17(2-6-19)21(27)9-12-26(14-16-30-29-15-11-25)13-10-22(28)18-3-7-20(24)8-4-18/h1-8H,9-16,25H2. The Morgan fingerprint density at radius 2 is 1.17 bits per heavy atom. The molecule has 0 bridgehead atoms. The maximum absolute atomic E-state index is 12.5. The van der Waals surface area contributed by atoms with Gasteiger partial charge in [-0.15, -0.1) is 0 Å². The average Bonchev–Trinajstić information content (AvgIpc) is 2.75. The first kappa shape index (κ1) is 25.6. The number of halogens is 2. The molecule has 0 heterocycles. The summed E-state index contributed by atoms with van der Waals surface area (Å²) >= 11 is 6.79. The summed E-state index contributed by atoms with van der Waals surface area (Å²) in [6.07, 6.45) is 0.878. The van der Waals surface area contributed by atoms with Crippen LogP contribution in [0.25, 0.3) is 0 Å². The molecule has 2 rings (SSSR count). The van der Waals surface area contributed by atoms with Crippen molar-refractivity contribution in [2.24, 2.45) is 5.73 Å². The highest BCUT2D eigenvalue weighted by Crippen LogP contribution is 2.20. The van der Waals surface area contributed by atoms with Gasteiger partial charge in [-0.25, -0.2) is 0 Å². The van der Waals surface area contributed by atoms with Gasteiger partial charge < -0.3 is 10.6 Å². The van der Waals surface area contributed by atoms with Gasteiger partial charge in [-0.2, -0.15) is 0 Å². The van der Waals surface area contributed by atoms with Crippen molar-refractivity contribution in [1.29, 1.82) is 0 Å². The van der Waals surface area contributed by atoms with Gasteiger partial charge in [0.15, 0.2) is 11.6 Å². The van der Waals surface area contributed by atoms with Gasteiger partial charge in [0.05, 0.1) is 0 Å². The predicted molar refractivity (Wildman–Crippen MR) is 137 cm³/mol. The maximum atomic E-state index is 12.5. The molecule has 0 fully saturated rings. The molecule has 2 N–H and O–H groups in total. The fourth-order valence-electron chi connectivity index (χ4n) is 2.75. The Morgan fingerprint density at radius 1 is 0.733 bits per heavy atom. The summed E-state index contributed by atoms with van der Waals surface area (Å²) in [6, 6.07) is 14.9. The number of Topliss-reactive ketones (excluding diaryl/α,β-unsaturated/α-hetero) is 2. The number of nitrogens with zero attached hydrogens (tertiary/aromatic N) is 1. The largest absolute Gasteiger partial charge is 0.330 e. The zero-order valence-electron chi connectivity index (χ0n) is 16.7. The van der Waals surface area contributed by atoms with Crippen LogP contribution in [0.3, 0.4) is 0 Å². The van der Waals surface area contributed by atoms with Crippen LogP contribution in [0.4, 0.5) is 0 Å². The number of nitrogens with two attached hydrogens (primary N) is 1. The third-order valence-electron chi connectivity index (χ3n) is 4.42. The summed E-state index contributed by atoms with van der Waals surface area (Å²) in [5, 5.41) is 0. The molecule has 0 atom stereocenters. The van der Waals surface area contributed by atoms with Crippen molar-refractivity contribution in [2.75, 3.05) is 37.7 Å². The van der Waals surface area contributed by atoms with Gasteiger partial charge in [-0.05, 0) is 24.3 Å². The molecule has 0 spiro atoms. The van der Waals surface area contributed by atoms with E-state index in [1.165, 1.54) is 0 Å². The number of benzene rings is 2. The first-order valence-electron chi connectivity index (χ1n) is 9.74. The van der Waals surface area contributed by atoms with Gasteiger partial charge in [0, 0.05) is 70.6 Å². The molecular formula is C22H26Br2N2O2S2. The summed E-state index contributed by atoms with van der Waals surface area (Å²) in [5.74, 6) is 2.10. The van der Waals surface area contributed by atoms with Gasteiger partial charge in [0.25, 0.3) is 0 Å². The minimum Gasteiger partial charge on any atom is -0.330 e. The third kappa shape index (κ3) is 9.66. The second-order valence-electron chi connectivity index (χ2n) is 6.63. The molecule has 0 radical (unpaired) electrons. The zero-order chi connectivity index (χ0) is 21.8. The SMILES string of the molecule is NCCSSCCN(CCC(=O)c1ccc(Br)cc1)CCC(=O)c1ccc(Br)cc1. The first-order valence-corrected chi connectivity index (χ1v) is 13.8. The van der Waals surface area contributed by atoms with Crippen LogP contribution in [0.5, 0.6) is 0 Å². The number of hydrogen-bond acceptors (Lipinski definition) is 6. The summed E-state index contributed by atoms with van der Waals surface area (Å²) < 4.78 is 1.92. The molecule has 0 aliphatic heterocycles. The van der Waals surface area contributed by atoms with E-state index < -0.39 is 0 Å². The fourth-order valence-corrected chi connectivity index (χ4v) is 5.16. The van der Waals surface area contributed by atoms with E-state index in [4.69, 9.17) is 5.73 Å². The average molecular weight is 574 g/mol. The van der Waals surface area contributed by atoms with Crippen LogP contribution in [0.15, 0.2) is 57.5 Å². The van der Waals surface area contributed by atoms with E-state index in [-0.39, 0.29) is 11.6 Å². The highest BCUT2D eigenvalue weighted by Gasteiger charge is 2.13. The van der Waals surface area contributed by atoms with E-state index in [2.05, 4.69) is 36.8 Å². The van der Waals surface area contributed by atoms with Crippen LogP contribution < -0.4 is 5.73 Å².